The maximum atomic E-state index is 12.5. The van der Waals surface area contributed by atoms with Crippen molar-refractivity contribution in [2.75, 3.05) is 72.1 Å². The van der Waals surface area contributed by atoms with E-state index in [2.05, 4.69) is 42.4 Å². The lowest BCUT2D eigenvalue weighted by molar-refractivity contribution is -0.929. The van der Waals surface area contributed by atoms with Crippen molar-refractivity contribution in [1.29, 1.82) is 0 Å². The van der Waals surface area contributed by atoms with Gasteiger partial charge >= 0.3 is 12.1 Å². The Bertz CT molecular complexity index is 1110. The fraction of sp³-hybridized carbons (Fsp3) is 0.912. The fourth-order valence-corrected chi connectivity index (χ4v) is 6.97. The average Bonchev–Trinajstić information content (AvgIpc) is 3.29. The number of hydrogen-bond donors (Lipinski definition) is 1. The molecule has 3 aliphatic rings. The molecule has 16 heteroatoms. The van der Waals surface area contributed by atoms with Crippen molar-refractivity contribution in [3.8, 4) is 0 Å². The summed E-state index contributed by atoms with van der Waals surface area (Å²) in [5.74, 6) is -0.539. The van der Waals surface area contributed by atoms with Gasteiger partial charge in [0.15, 0.2) is 0 Å². The number of hydroxylamine groups is 3. The van der Waals surface area contributed by atoms with Gasteiger partial charge in [-0.1, -0.05) is 53.4 Å². The van der Waals surface area contributed by atoms with Crippen molar-refractivity contribution < 1.29 is 45.7 Å². The fourth-order valence-electron chi connectivity index (χ4n) is 6.59. The molecule has 3 rings (SSSR count). The predicted molar refractivity (Wildman–Crippen MR) is 189 cm³/mol. The molecule has 4 amide bonds. The first-order chi connectivity index (χ1) is 23.6. The third-order valence-corrected chi connectivity index (χ3v) is 9.79. The van der Waals surface area contributed by atoms with E-state index in [9.17, 15) is 27.4 Å². The topological polar surface area (TPSA) is 161 Å². The zero-order valence-electron chi connectivity index (χ0n) is 31.8. The van der Waals surface area contributed by atoms with Gasteiger partial charge in [0.05, 0.1) is 38.8 Å². The highest BCUT2D eigenvalue weighted by Gasteiger charge is 2.48. The van der Waals surface area contributed by atoms with Crippen molar-refractivity contribution in [3.63, 3.8) is 0 Å². The second kappa shape index (κ2) is 21.3. The molecule has 0 aromatic carbocycles. The number of nitrogens with one attached hydrogen (secondary N) is 1. The number of rotatable bonds is 19. The number of nitrogens with zero attached hydrogens (tertiary/aromatic N) is 5. The molecule has 0 aromatic heterocycles. The summed E-state index contributed by atoms with van der Waals surface area (Å²) >= 11 is 0. The summed E-state index contributed by atoms with van der Waals surface area (Å²) < 4.78 is 43.5. The van der Waals surface area contributed by atoms with Crippen LogP contribution in [0.1, 0.15) is 113 Å². The first-order valence-corrected chi connectivity index (χ1v) is 20.1. The number of unbranched alkanes of at least 4 members (excludes halogenated alkanes) is 4. The standard InChI is InChI=1S/C18H31N5O9S.C16H36N/c1-18(2,3)31-17(26)21-8-6-20(7-9-21)10-11-30-19-15(24)14-5-4-13-12-22(14)16(25)23(13)32-33(27,28)29;1-5-9-13-17(14-10-6-2,15-11-7-3)16-12-8-4/h13-14H,4-12H2,1-3H3,(H,19,24)(H,27,28,29);5-16H2,1-4H3/q;+1/p-1/t13-,14+;/m1./s1. The van der Waals surface area contributed by atoms with Crippen LogP contribution in [0, 0.1) is 0 Å². The number of piperazine rings is 1. The lowest BCUT2D eigenvalue weighted by atomic mass is 10.0. The monoisotopic (exact) mass is 734 g/mol. The first-order valence-electron chi connectivity index (χ1n) is 18.8. The number of ether oxygens (including phenoxy) is 1. The Kier molecular flexibility index (Phi) is 18.7. The van der Waals surface area contributed by atoms with Crippen LogP contribution < -0.4 is 5.48 Å². The number of piperidine rings is 1. The van der Waals surface area contributed by atoms with Crippen LogP contribution in [-0.2, 0) is 29.1 Å². The van der Waals surface area contributed by atoms with E-state index >= 15 is 0 Å². The zero-order valence-corrected chi connectivity index (χ0v) is 32.6. The smallest absolute Gasteiger partial charge is 0.410 e. The van der Waals surface area contributed by atoms with Crippen LogP contribution in [0.2, 0.25) is 0 Å². The van der Waals surface area contributed by atoms with E-state index < -0.39 is 40.0 Å². The minimum atomic E-state index is -5.09. The molecular weight excluding hydrogens is 668 g/mol. The minimum absolute atomic E-state index is 0.0777. The molecule has 292 valence electrons. The van der Waals surface area contributed by atoms with Gasteiger partial charge in [-0.25, -0.2) is 23.5 Å². The third-order valence-electron chi connectivity index (χ3n) is 9.45. The summed E-state index contributed by atoms with van der Waals surface area (Å²) in [6.07, 6.45) is 11.3. The Morgan fingerprint density at radius 2 is 1.40 bits per heavy atom. The van der Waals surface area contributed by atoms with Crippen LogP contribution in [0.25, 0.3) is 0 Å². The van der Waals surface area contributed by atoms with Crippen molar-refractivity contribution in [1.82, 2.24) is 25.2 Å². The lowest BCUT2D eigenvalue weighted by Crippen LogP contribution is -2.51. The highest BCUT2D eigenvalue weighted by Crippen LogP contribution is 2.30. The molecule has 2 atom stereocenters. The summed E-state index contributed by atoms with van der Waals surface area (Å²) in [5.41, 5.74) is 1.78. The van der Waals surface area contributed by atoms with Crippen molar-refractivity contribution in [2.45, 2.75) is 130 Å². The van der Waals surface area contributed by atoms with Crippen LogP contribution in [0.5, 0.6) is 0 Å². The molecule has 0 spiro atoms. The molecule has 0 radical (unpaired) electrons. The summed E-state index contributed by atoms with van der Waals surface area (Å²) in [4.78, 5) is 47.1. The highest BCUT2D eigenvalue weighted by molar-refractivity contribution is 7.80. The number of hydrogen-bond acceptors (Lipinski definition) is 10. The van der Waals surface area contributed by atoms with E-state index in [-0.39, 0.29) is 25.7 Å². The van der Waals surface area contributed by atoms with E-state index in [1.807, 2.05) is 20.8 Å². The lowest BCUT2D eigenvalue weighted by Gasteiger charge is -2.39. The van der Waals surface area contributed by atoms with Gasteiger partial charge in [-0.15, -0.1) is 0 Å². The van der Waals surface area contributed by atoms with E-state index in [1.165, 1.54) is 82.0 Å². The van der Waals surface area contributed by atoms with Gasteiger partial charge in [0.25, 0.3) is 5.91 Å². The normalized spacial score (nSPS) is 20.1. The molecule has 0 unspecified atom stereocenters. The minimum Gasteiger partial charge on any atom is -0.724 e. The quantitative estimate of drug-likeness (QED) is 0.0668. The predicted octanol–water partition coefficient (Wildman–Crippen LogP) is 4.25. The molecule has 0 aromatic rings. The Labute approximate surface area is 301 Å². The second-order valence-corrected chi connectivity index (χ2v) is 15.7. The van der Waals surface area contributed by atoms with Crippen molar-refractivity contribution in [2.24, 2.45) is 0 Å². The van der Waals surface area contributed by atoms with Gasteiger partial charge in [0.2, 0.25) is 10.4 Å². The molecule has 1 N–H and O–H groups in total. The number of fused-ring (bicyclic) bond motifs is 2. The van der Waals surface area contributed by atoms with Gasteiger partial charge in [-0.05, 0) is 59.3 Å². The molecule has 3 aliphatic heterocycles. The number of carbonyl (C=O) groups is 3. The van der Waals surface area contributed by atoms with Crippen LogP contribution in [0.3, 0.4) is 0 Å². The third kappa shape index (κ3) is 15.2. The molecule has 3 fully saturated rings. The van der Waals surface area contributed by atoms with Gasteiger partial charge in [0, 0.05) is 39.3 Å². The molecule has 15 nitrogen and oxygen atoms in total. The number of urea groups is 1. The van der Waals surface area contributed by atoms with Crippen molar-refractivity contribution >= 4 is 28.4 Å². The molecule has 3 heterocycles. The average molecular weight is 735 g/mol. The zero-order chi connectivity index (χ0) is 37.4. The Morgan fingerprint density at radius 1 is 0.880 bits per heavy atom. The second-order valence-electron chi connectivity index (χ2n) is 14.8. The van der Waals surface area contributed by atoms with Gasteiger partial charge < -0.3 is 23.6 Å². The molecule has 2 bridgehead atoms. The van der Waals surface area contributed by atoms with Gasteiger partial charge in [-0.2, -0.15) is 9.35 Å². The summed E-state index contributed by atoms with van der Waals surface area (Å²) in [6, 6.07) is -2.31. The largest absolute Gasteiger partial charge is 0.724 e. The summed E-state index contributed by atoms with van der Waals surface area (Å²) in [5, 5.41) is 0.521. The molecule has 3 saturated heterocycles. The van der Waals surface area contributed by atoms with Gasteiger partial charge in [0.1, 0.15) is 11.6 Å². The maximum Gasteiger partial charge on any atom is 0.410 e. The van der Waals surface area contributed by atoms with E-state index in [0.29, 0.717) is 44.2 Å². The molecule has 0 saturated carbocycles. The van der Waals surface area contributed by atoms with E-state index in [0.717, 1.165) is 4.90 Å². The Hall–Kier alpha value is -2.24. The SMILES string of the molecule is CC(C)(C)OC(=O)N1CCN(CCONC(=O)[C@@H]2CC[C@@H]3CN2C(=O)N3OS(=O)(=O)[O-])CC1.CCCC[N+](CCCC)(CCCC)CCCC. The molecule has 0 aliphatic carbocycles. The Balaban J connectivity index is 0.000000432. The molecular formula is C34H66N6O9S. The van der Waals surface area contributed by atoms with Crippen LogP contribution in [-0.4, -0.2) is 145 Å². The number of amides is 4. The first kappa shape index (κ1) is 43.9. The number of carbonyl (C=O) groups excluding carboxylic acids is 3. The number of quaternary nitrogens is 1. The van der Waals surface area contributed by atoms with Crippen LogP contribution >= 0.6 is 0 Å². The van der Waals surface area contributed by atoms with Gasteiger partial charge in [-0.3, -0.25) is 14.5 Å². The van der Waals surface area contributed by atoms with Crippen LogP contribution in [0.4, 0.5) is 9.59 Å². The van der Waals surface area contributed by atoms with Crippen LogP contribution in [0.15, 0.2) is 0 Å². The highest BCUT2D eigenvalue weighted by atomic mass is 32.3. The summed E-state index contributed by atoms with van der Waals surface area (Å²) in [6.45, 7) is 23.6. The summed E-state index contributed by atoms with van der Waals surface area (Å²) in [7, 11) is -5.09. The Morgan fingerprint density at radius 3 is 1.86 bits per heavy atom. The molecule has 50 heavy (non-hydrogen) atoms. The van der Waals surface area contributed by atoms with Crippen molar-refractivity contribution in [3.05, 3.63) is 0 Å². The van der Waals surface area contributed by atoms with E-state index in [4.69, 9.17) is 9.57 Å². The maximum absolute atomic E-state index is 12.5. The van der Waals surface area contributed by atoms with E-state index in [1.54, 1.807) is 4.90 Å².